The van der Waals surface area contributed by atoms with E-state index in [1.54, 1.807) is 12.4 Å². The van der Waals surface area contributed by atoms with Crippen molar-refractivity contribution in [2.45, 2.75) is 19.4 Å². The Labute approximate surface area is 98.5 Å². The molecule has 1 heterocycles. The third kappa shape index (κ3) is 9.41. The van der Waals surface area contributed by atoms with Crippen molar-refractivity contribution in [3.63, 3.8) is 0 Å². The maximum absolute atomic E-state index is 9.66. The molecule has 0 aliphatic heterocycles. The van der Waals surface area contributed by atoms with Crippen molar-refractivity contribution >= 4 is 5.97 Å². The van der Waals surface area contributed by atoms with E-state index in [0.29, 0.717) is 0 Å². The van der Waals surface area contributed by atoms with Crippen LogP contribution in [0.2, 0.25) is 0 Å². The summed E-state index contributed by atoms with van der Waals surface area (Å²) in [5, 5.41) is 18.1. The number of hydrogen-bond acceptors (Lipinski definition) is 4. The van der Waals surface area contributed by atoms with Crippen molar-refractivity contribution in [2.75, 3.05) is 0 Å². The van der Waals surface area contributed by atoms with E-state index in [1.807, 2.05) is 18.2 Å². The molecule has 1 N–H and O–H groups in total. The Morgan fingerprint density at radius 3 is 1.71 bits per heavy atom. The number of carboxylic acid groups (broad SMARTS) is 1. The molecule has 0 radical (unpaired) electrons. The zero-order valence-corrected chi connectivity index (χ0v) is 9.38. The Morgan fingerprint density at radius 1 is 1.29 bits per heavy atom. The Bertz CT molecular complexity index is 219. The molecule has 0 bridgehead atoms. The minimum absolute atomic E-state index is 0. The van der Waals surface area contributed by atoms with Gasteiger partial charge in [-0.15, -0.1) is 0 Å². The maximum Gasteiger partial charge on any atom is 1.00 e. The van der Waals surface area contributed by atoms with Gasteiger partial charge in [0.2, 0.25) is 0 Å². The van der Waals surface area contributed by atoms with Gasteiger partial charge in [-0.1, -0.05) is 6.07 Å². The van der Waals surface area contributed by atoms with Crippen molar-refractivity contribution in [3.05, 3.63) is 30.6 Å². The van der Waals surface area contributed by atoms with Crippen molar-refractivity contribution in [1.29, 1.82) is 0 Å². The molecule has 0 aromatic carbocycles. The van der Waals surface area contributed by atoms with E-state index in [4.69, 9.17) is 5.11 Å². The number of pyridine rings is 1. The molecule has 82 valence electrons. The third-order valence-corrected chi connectivity index (χ3v) is 1.07. The number of aliphatic hydroxyl groups is 1. The fourth-order valence-corrected chi connectivity index (χ4v) is 0.313. The monoisotopic (exact) mass is 289 g/mol. The molecule has 1 rings (SSSR count). The van der Waals surface area contributed by atoms with E-state index >= 15 is 0 Å². The van der Waals surface area contributed by atoms with Crippen molar-refractivity contribution < 1.29 is 37.4 Å². The summed E-state index contributed by atoms with van der Waals surface area (Å²) in [4.78, 5) is 13.4. The van der Waals surface area contributed by atoms with E-state index in [-0.39, 0.29) is 22.4 Å². The van der Waals surface area contributed by atoms with E-state index in [0.717, 1.165) is 13.8 Å². The summed E-state index contributed by atoms with van der Waals surface area (Å²) in [5.41, 5.74) is -1.69. The predicted octanol–water partition coefficient (Wildman–Crippen LogP) is -0.414. The van der Waals surface area contributed by atoms with Crippen molar-refractivity contribution in [3.8, 4) is 0 Å². The SMILES string of the molecule is CC(C)(O)C(=O)[O-].[Ag+].c1ccncc1. The Morgan fingerprint density at radius 2 is 1.64 bits per heavy atom. The summed E-state index contributed by atoms with van der Waals surface area (Å²) in [7, 11) is 0. The maximum atomic E-state index is 9.66. The number of aliphatic carboxylic acids is 1. The summed E-state index contributed by atoms with van der Waals surface area (Å²) < 4.78 is 0. The van der Waals surface area contributed by atoms with Gasteiger partial charge in [0.25, 0.3) is 0 Å². The summed E-state index contributed by atoms with van der Waals surface area (Å²) in [5.74, 6) is -1.45. The predicted molar refractivity (Wildman–Crippen MR) is 45.5 cm³/mol. The van der Waals surface area contributed by atoms with Gasteiger partial charge in [0, 0.05) is 12.4 Å². The number of carbonyl (C=O) groups is 1. The number of carbonyl (C=O) groups excluding carboxylic acids is 1. The second-order valence-corrected chi connectivity index (χ2v) is 2.87. The van der Waals surface area contributed by atoms with Gasteiger partial charge in [-0.25, -0.2) is 0 Å². The second-order valence-electron chi connectivity index (χ2n) is 2.87. The molecule has 0 saturated heterocycles. The molecule has 1 aromatic rings. The first-order valence-corrected chi connectivity index (χ1v) is 3.73. The first-order chi connectivity index (χ1) is 5.94. The van der Waals surface area contributed by atoms with Crippen LogP contribution in [0.25, 0.3) is 0 Å². The average Bonchev–Trinajstić information content (AvgIpc) is 2.07. The molecular weight excluding hydrogens is 278 g/mol. The smallest absolute Gasteiger partial charge is 0.547 e. The summed E-state index contributed by atoms with van der Waals surface area (Å²) >= 11 is 0. The van der Waals surface area contributed by atoms with E-state index < -0.39 is 11.6 Å². The van der Waals surface area contributed by atoms with Crippen LogP contribution in [0.1, 0.15) is 13.8 Å². The summed E-state index contributed by atoms with van der Waals surface area (Å²) in [6.07, 6.45) is 3.50. The van der Waals surface area contributed by atoms with Crippen LogP contribution in [-0.2, 0) is 27.2 Å². The van der Waals surface area contributed by atoms with Crippen LogP contribution >= 0.6 is 0 Å². The van der Waals surface area contributed by atoms with Crippen LogP contribution in [0, 0.1) is 0 Å². The largest absolute Gasteiger partial charge is 1.00 e. The molecule has 0 aliphatic rings. The minimum Gasteiger partial charge on any atom is -0.547 e. The van der Waals surface area contributed by atoms with E-state index in [9.17, 15) is 9.90 Å². The molecule has 5 heteroatoms. The number of hydrogen-bond donors (Lipinski definition) is 1. The minimum atomic E-state index is -1.69. The van der Waals surface area contributed by atoms with Crippen LogP contribution < -0.4 is 5.11 Å². The van der Waals surface area contributed by atoms with Gasteiger partial charge < -0.3 is 15.0 Å². The Kier molecular flexibility index (Phi) is 8.68. The summed E-state index contributed by atoms with van der Waals surface area (Å²) in [6.45, 7) is 2.31. The van der Waals surface area contributed by atoms with Crippen LogP contribution in [-0.4, -0.2) is 21.7 Å². The molecule has 0 spiro atoms. The fraction of sp³-hybridized carbons (Fsp3) is 0.333. The van der Waals surface area contributed by atoms with Crippen LogP contribution in [0.4, 0.5) is 0 Å². The van der Waals surface area contributed by atoms with Crippen LogP contribution in [0.15, 0.2) is 30.6 Å². The van der Waals surface area contributed by atoms with E-state index in [2.05, 4.69) is 4.98 Å². The molecule has 0 unspecified atom stereocenters. The van der Waals surface area contributed by atoms with Gasteiger partial charge in [-0.05, 0) is 26.0 Å². The van der Waals surface area contributed by atoms with Crippen molar-refractivity contribution in [1.82, 2.24) is 4.98 Å². The first kappa shape index (κ1) is 15.8. The quantitative estimate of drug-likeness (QED) is 0.713. The number of nitrogens with zero attached hydrogens (tertiary/aromatic N) is 1. The van der Waals surface area contributed by atoms with Gasteiger partial charge in [-0.3, -0.25) is 4.98 Å². The number of rotatable bonds is 1. The molecule has 0 saturated carbocycles. The first-order valence-electron chi connectivity index (χ1n) is 3.73. The van der Waals surface area contributed by atoms with Gasteiger partial charge in [0.05, 0.1) is 11.6 Å². The fourth-order valence-electron chi connectivity index (χ4n) is 0.313. The normalized spacial score (nSPS) is 9.07. The number of aromatic nitrogens is 1. The standard InChI is InChI=1S/C5H5N.C4H8O3.Ag/c1-2-4-6-5-3-1;1-4(2,7)3(5)6;/h1-5H;7H,1-2H3,(H,5,6);/q;;+1/p-1. The molecule has 14 heavy (non-hydrogen) atoms. The van der Waals surface area contributed by atoms with Gasteiger partial charge in [0.1, 0.15) is 0 Å². The average molecular weight is 290 g/mol. The van der Waals surface area contributed by atoms with Gasteiger partial charge >= 0.3 is 22.4 Å². The Hall–Kier alpha value is -0.680. The molecule has 0 aliphatic carbocycles. The summed E-state index contributed by atoms with van der Waals surface area (Å²) in [6, 6.07) is 5.72. The zero-order valence-electron chi connectivity index (χ0n) is 7.90. The molecule has 0 atom stereocenters. The van der Waals surface area contributed by atoms with Gasteiger partial charge in [-0.2, -0.15) is 0 Å². The third-order valence-electron chi connectivity index (χ3n) is 1.07. The molecular formula is C9H12AgNO3. The topological polar surface area (TPSA) is 73.2 Å². The van der Waals surface area contributed by atoms with Crippen LogP contribution in [0.5, 0.6) is 0 Å². The molecule has 0 amide bonds. The van der Waals surface area contributed by atoms with E-state index in [1.165, 1.54) is 0 Å². The van der Waals surface area contributed by atoms with Gasteiger partial charge in [0.15, 0.2) is 0 Å². The van der Waals surface area contributed by atoms with Crippen LogP contribution in [0.3, 0.4) is 0 Å². The Balaban J connectivity index is 0. The van der Waals surface area contributed by atoms with Crippen molar-refractivity contribution in [2.24, 2.45) is 0 Å². The molecule has 0 fully saturated rings. The molecule has 1 aromatic heterocycles. The molecule has 4 nitrogen and oxygen atoms in total. The second kappa shape index (κ2) is 7.70. The number of carboxylic acids is 1. The zero-order chi connectivity index (χ0) is 10.3.